The molecule has 8 nitrogen and oxygen atoms in total. The number of nitrogens with zero attached hydrogens (tertiary/aromatic N) is 5. The van der Waals surface area contributed by atoms with Crippen LogP contribution in [-0.2, 0) is 16.1 Å². The highest BCUT2D eigenvalue weighted by Crippen LogP contribution is 2.34. The summed E-state index contributed by atoms with van der Waals surface area (Å²) in [6, 6.07) is 24.4. The molecule has 3 aromatic heterocycles. The van der Waals surface area contributed by atoms with Gasteiger partial charge in [-0.1, -0.05) is 42.5 Å². The topological polar surface area (TPSA) is 99.2 Å². The maximum absolute atomic E-state index is 13.7. The van der Waals surface area contributed by atoms with Gasteiger partial charge in [-0.15, -0.1) is 0 Å². The van der Waals surface area contributed by atoms with Gasteiger partial charge in [-0.25, -0.2) is 15.0 Å². The van der Waals surface area contributed by atoms with Crippen LogP contribution in [0.4, 0.5) is 19.0 Å². The molecule has 1 aliphatic carbocycles. The molecular weight excluding hydrogens is 581 g/mol. The first-order valence-corrected chi connectivity index (χ1v) is 14.8. The van der Waals surface area contributed by atoms with Crippen LogP contribution in [-0.4, -0.2) is 56.3 Å². The van der Waals surface area contributed by atoms with Crippen molar-refractivity contribution in [2.45, 2.75) is 44.4 Å². The molecule has 0 aliphatic heterocycles. The van der Waals surface area contributed by atoms with Gasteiger partial charge in [0.2, 0.25) is 0 Å². The van der Waals surface area contributed by atoms with Gasteiger partial charge in [0, 0.05) is 30.0 Å². The van der Waals surface area contributed by atoms with Gasteiger partial charge in [0.25, 0.3) is 0 Å². The second-order valence-electron chi connectivity index (χ2n) is 11.3. The Kier molecular flexibility index (Phi) is 8.53. The maximum atomic E-state index is 13.7. The van der Waals surface area contributed by atoms with Crippen LogP contribution in [0.2, 0.25) is 0 Å². The number of imidazole rings is 1. The minimum absolute atomic E-state index is 0.122. The number of hydrogen-bond donors (Lipinski definition) is 1. The Morgan fingerprint density at radius 3 is 2.36 bits per heavy atom. The second-order valence-corrected chi connectivity index (χ2v) is 11.3. The number of hydrogen-bond acceptors (Lipinski definition) is 7. The maximum Gasteiger partial charge on any atom is 0.401 e. The van der Waals surface area contributed by atoms with Crippen LogP contribution in [0.5, 0.6) is 0 Å². The first kappa shape index (κ1) is 30.3. The monoisotopic (exact) mass is 614 g/mol. The summed E-state index contributed by atoms with van der Waals surface area (Å²) in [5, 5.41) is 0. The van der Waals surface area contributed by atoms with E-state index in [4.69, 9.17) is 20.4 Å². The number of rotatable bonds is 8. The van der Waals surface area contributed by atoms with E-state index in [1.54, 1.807) is 12.3 Å². The highest BCUT2D eigenvalue weighted by Gasteiger charge is 2.36. The molecule has 0 unspecified atom stereocenters. The van der Waals surface area contributed by atoms with Crippen LogP contribution in [0.25, 0.3) is 39.5 Å². The smallest absolute Gasteiger partial charge is 0.401 e. The van der Waals surface area contributed by atoms with Crippen molar-refractivity contribution < 1.29 is 22.7 Å². The highest BCUT2D eigenvalue weighted by atomic mass is 19.4. The van der Waals surface area contributed by atoms with Gasteiger partial charge < -0.3 is 10.5 Å². The molecule has 1 aliphatic rings. The molecule has 0 atom stereocenters. The van der Waals surface area contributed by atoms with Gasteiger partial charge in [-0.2, -0.15) is 13.2 Å². The Morgan fingerprint density at radius 2 is 1.69 bits per heavy atom. The van der Waals surface area contributed by atoms with Gasteiger partial charge in [0.05, 0.1) is 30.8 Å². The van der Waals surface area contributed by atoms with Crippen molar-refractivity contribution in [3.8, 4) is 28.3 Å². The number of halogens is 3. The lowest BCUT2D eigenvalue weighted by molar-refractivity contribution is -0.157. The van der Waals surface area contributed by atoms with E-state index in [0.717, 1.165) is 22.5 Å². The number of nitrogen functional groups attached to an aromatic ring is 1. The highest BCUT2D eigenvalue weighted by molar-refractivity contribution is 5.84. The normalized spacial score (nSPS) is 17.1. The molecule has 6 rings (SSSR count). The van der Waals surface area contributed by atoms with Gasteiger partial charge in [0.1, 0.15) is 11.3 Å². The van der Waals surface area contributed by atoms with Crippen molar-refractivity contribution in [2.24, 2.45) is 5.92 Å². The number of fused-ring (bicyclic) bond motifs is 1. The van der Waals surface area contributed by atoms with Crippen molar-refractivity contribution in [3.63, 3.8) is 0 Å². The first-order valence-electron chi connectivity index (χ1n) is 14.8. The van der Waals surface area contributed by atoms with E-state index >= 15 is 0 Å². The summed E-state index contributed by atoms with van der Waals surface area (Å²) >= 11 is 0. The number of nitrogens with two attached hydrogens (primary N) is 1. The van der Waals surface area contributed by atoms with Gasteiger partial charge in [-0.3, -0.25) is 14.3 Å². The van der Waals surface area contributed by atoms with E-state index in [2.05, 4.69) is 4.98 Å². The standard InChI is InChI=1S/C34H33F3N6O2/c1-45-33(44)24-11-15-25(16-12-24)42(21-34(35,36)37)20-22-9-13-26(14-10-22)43-31(27-8-5-19-39-30(27)38)41-29-18-17-28(40-32(29)43)23-6-3-2-4-7-23/h2-10,13-14,17-19,24-25H,11-12,15-16,20-21H2,1H3,(H2,38,39). The van der Waals surface area contributed by atoms with E-state index in [1.165, 1.54) is 12.0 Å². The van der Waals surface area contributed by atoms with E-state index in [9.17, 15) is 18.0 Å². The lowest BCUT2D eigenvalue weighted by Crippen LogP contribution is -2.43. The van der Waals surface area contributed by atoms with Crippen LogP contribution < -0.4 is 5.73 Å². The molecule has 0 saturated heterocycles. The molecule has 2 aromatic carbocycles. The molecule has 1 fully saturated rings. The number of benzene rings is 2. The quantitative estimate of drug-likeness (QED) is 0.191. The third kappa shape index (κ3) is 6.68. The zero-order chi connectivity index (χ0) is 31.6. The number of pyridine rings is 2. The van der Waals surface area contributed by atoms with Crippen LogP contribution >= 0.6 is 0 Å². The average molecular weight is 615 g/mol. The second kappa shape index (κ2) is 12.7. The lowest BCUT2D eigenvalue weighted by Gasteiger charge is -2.36. The molecule has 2 N–H and O–H groups in total. The molecule has 1 saturated carbocycles. The van der Waals surface area contributed by atoms with Gasteiger partial charge >= 0.3 is 12.1 Å². The zero-order valence-corrected chi connectivity index (χ0v) is 24.7. The third-order valence-electron chi connectivity index (χ3n) is 8.36. The summed E-state index contributed by atoms with van der Waals surface area (Å²) in [6.45, 7) is -0.901. The zero-order valence-electron chi connectivity index (χ0n) is 24.7. The Hall–Kier alpha value is -4.77. The van der Waals surface area contributed by atoms with Gasteiger partial charge in [0.15, 0.2) is 11.5 Å². The molecule has 0 radical (unpaired) electrons. The van der Waals surface area contributed by atoms with Crippen molar-refractivity contribution >= 4 is 23.0 Å². The molecule has 0 bridgehead atoms. The predicted octanol–water partition coefficient (Wildman–Crippen LogP) is 6.83. The van der Waals surface area contributed by atoms with E-state index in [-0.39, 0.29) is 24.5 Å². The van der Waals surface area contributed by atoms with Crippen molar-refractivity contribution in [1.82, 2.24) is 24.4 Å². The molecule has 11 heteroatoms. The fourth-order valence-corrected chi connectivity index (χ4v) is 6.13. The van der Waals surface area contributed by atoms with Crippen molar-refractivity contribution in [1.29, 1.82) is 0 Å². The van der Waals surface area contributed by atoms with E-state index in [0.29, 0.717) is 54.1 Å². The molecule has 5 aromatic rings. The number of methoxy groups -OCH3 is 1. The Labute approximate surface area is 258 Å². The number of alkyl halides is 3. The molecular formula is C34H33F3N6O2. The van der Waals surface area contributed by atoms with Crippen molar-refractivity contribution in [3.05, 3.63) is 90.6 Å². The summed E-state index contributed by atoms with van der Waals surface area (Å²) in [6.07, 6.45) is -0.718. The number of ether oxygens (including phenoxy) is 1. The van der Waals surface area contributed by atoms with Crippen LogP contribution in [0, 0.1) is 5.92 Å². The molecule has 232 valence electrons. The minimum atomic E-state index is -4.35. The minimum Gasteiger partial charge on any atom is -0.469 e. The fourth-order valence-electron chi connectivity index (χ4n) is 6.13. The summed E-state index contributed by atoms with van der Waals surface area (Å²) in [5.41, 5.74) is 11.4. The molecule has 0 amide bonds. The Balaban J connectivity index is 1.34. The first-order chi connectivity index (χ1) is 21.7. The van der Waals surface area contributed by atoms with Crippen LogP contribution in [0.1, 0.15) is 31.2 Å². The van der Waals surface area contributed by atoms with Gasteiger partial charge in [-0.05, 0) is 67.6 Å². The summed E-state index contributed by atoms with van der Waals surface area (Å²) in [5.74, 6) is 0.319. The lowest BCUT2D eigenvalue weighted by atomic mass is 9.85. The molecule has 3 heterocycles. The van der Waals surface area contributed by atoms with E-state index < -0.39 is 12.7 Å². The van der Waals surface area contributed by atoms with Crippen LogP contribution in [0.3, 0.4) is 0 Å². The predicted molar refractivity (Wildman–Crippen MR) is 166 cm³/mol. The number of esters is 1. The summed E-state index contributed by atoms with van der Waals surface area (Å²) < 4.78 is 47.8. The summed E-state index contributed by atoms with van der Waals surface area (Å²) in [7, 11) is 1.34. The molecule has 45 heavy (non-hydrogen) atoms. The van der Waals surface area contributed by atoms with Crippen molar-refractivity contribution in [2.75, 3.05) is 19.4 Å². The average Bonchev–Trinajstić information content (AvgIpc) is 3.43. The largest absolute Gasteiger partial charge is 0.469 e. The number of carbonyl (C=O) groups excluding carboxylic acids is 1. The number of anilines is 1. The number of carbonyl (C=O) groups is 1. The third-order valence-corrected chi connectivity index (χ3v) is 8.36. The number of aromatic nitrogens is 4. The molecule has 0 spiro atoms. The Bertz CT molecular complexity index is 1780. The van der Waals surface area contributed by atoms with E-state index in [1.807, 2.05) is 77.4 Å². The SMILES string of the molecule is COC(=O)C1CCC(N(Cc2ccc(-n3c(-c4cccnc4N)nc4ccc(-c5ccccc5)nc43)cc2)CC(F)(F)F)CC1. The Morgan fingerprint density at radius 1 is 0.956 bits per heavy atom. The summed E-state index contributed by atoms with van der Waals surface area (Å²) in [4.78, 5) is 27.5. The fraction of sp³-hybridized carbons (Fsp3) is 0.294. The van der Waals surface area contributed by atoms with Crippen LogP contribution in [0.15, 0.2) is 85.1 Å².